The number of hydrogen-bond acceptors (Lipinski definition) is 6. The minimum atomic E-state index is -0.0790. The van der Waals surface area contributed by atoms with Crippen molar-refractivity contribution in [2.24, 2.45) is 0 Å². The Balaban J connectivity index is 1.47. The molecule has 0 aliphatic heterocycles. The summed E-state index contributed by atoms with van der Waals surface area (Å²) < 4.78 is 7.01. The molecular formula is C25H28N6O2. The molecule has 2 N–H and O–H groups in total. The first kappa shape index (κ1) is 22.3. The van der Waals surface area contributed by atoms with E-state index in [9.17, 15) is 4.79 Å². The van der Waals surface area contributed by atoms with Crippen LogP contribution in [0.4, 0.5) is 5.82 Å². The fourth-order valence-electron chi connectivity index (χ4n) is 3.39. The number of fused-ring (bicyclic) bond motifs is 1. The van der Waals surface area contributed by atoms with Crippen LogP contribution in [0.5, 0.6) is 5.75 Å². The molecule has 2 aromatic carbocycles. The van der Waals surface area contributed by atoms with Crippen molar-refractivity contribution in [1.82, 2.24) is 24.8 Å². The molecule has 0 aliphatic rings. The molecule has 0 fully saturated rings. The average Bonchev–Trinajstić information content (AvgIpc) is 3.26. The molecule has 33 heavy (non-hydrogen) atoms. The average molecular weight is 445 g/mol. The van der Waals surface area contributed by atoms with Gasteiger partial charge in [0.1, 0.15) is 11.6 Å². The predicted molar refractivity (Wildman–Crippen MR) is 130 cm³/mol. The van der Waals surface area contributed by atoms with Crippen LogP contribution in [0.15, 0.2) is 66.9 Å². The lowest BCUT2D eigenvalue weighted by Crippen LogP contribution is -2.31. The molecule has 0 unspecified atom stereocenters. The van der Waals surface area contributed by atoms with Gasteiger partial charge in [-0.1, -0.05) is 24.3 Å². The zero-order valence-electron chi connectivity index (χ0n) is 19.1. The van der Waals surface area contributed by atoms with Crippen molar-refractivity contribution in [1.29, 1.82) is 0 Å². The third-order valence-electron chi connectivity index (χ3n) is 5.28. The van der Waals surface area contributed by atoms with E-state index in [2.05, 4.69) is 15.6 Å². The van der Waals surface area contributed by atoms with E-state index in [1.807, 2.05) is 84.2 Å². The van der Waals surface area contributed by atoms with Gasteiger partial charge in [-0.2, -0.15) is 0 Å². The summed E-state index contributed by atoms with van der Waals surface area (Å²) in [7, 11) is 5.61. The van der Waals surface area contributed by atoms with Crippen LogP contribution in [0.25, 0.3) is 16.9 Å². The number of hydrogen-bond donors (Lipinski definition) is 2. The van der Waals surface area contributed by atoms with Crippen LogP contribution in [-0.2, 0) is 6.54 Å². The molecule has 8 heteroatoms. The highest BCUT2D eigenvalue weighted by Crippen LogP contribution is 2.22. The third-order valence-corrected chi connectivity index (χ3v) is 5.28. The van der Waals surface area contributed by atoms with E-state index in [4.69, 9.17) is 9.84 Å². The summed E-state index contributed by atoms with van der Waals surface area (Å²) in [5.74, 6) is 1.50. The van der Waals surface area contributed by atoms with Crippen LogP contribution < -0.4 is 15.4 Å². The molecule has 2 heterocycles. The largest absolute Gasteiger partial charge is 0.497 e. The second-order valence-electron chi connectivity index (χ2n) is 7.97. The van der Waals surface area contributed by atoms with E-state index in [1.165, 1.54) is 0 Å². The molecule has 1 amide bonds. The summed E-state index contributed by atoms with van der Waals surface area (Å²) in [6.07, 6.45) is 1.79. The number of nitrogens with zero attached hydrogens (tertiary/aromatic N) is 4. The van der Waals surface area contributed by atoms with Crippen LogP contribution in [0.2, 0.25) is 0 Å². The number of carbonyl (C=O) groups is 1. The van der Waals surface area contributed by atoms with Gasteiger partial charge in [-0.15, -0.1) is 5.10 Å². The van der Waals surface area contributed by atoms with Gasteiger partial charge < -0.3 is 20.3 Å². The Bertz CT molecular complexity index is 1220. The maximum absolute atomic E-state index is 12.3. The molecule has 0 radical (unpaired) electrons. The highest BCUT2D eigenvalue weighted by molar-refractivity contribution is 5.94. The van der Waals surface area contributed by atoms with E-state index in [-0.39, 0.29) is 5.91 Å². The molecule has 0 atom stereocenters. The van der Waals surface area contributed by atoms with Crippen molar-refractivity contribution in [3.8, 4) is 17.0 Å². The maximum Gasteiger partial charge on any atom is 0.251 e. The number of methoxy groups -OCH3 is 1. The van der Waals surface area contributed by atoms with Crippen LogP contribution >= 0.6 is 0 Å². The quantitative estimate of drug-likeness (QED) is 0.412. The van der Waals surface area contributed by atoms with Crippen molar-refractivity contribution in [3.05, 3.63) is 78.0 Å². The number of ether oxygens (including phenoxy) is 1. The molecule has 0 bridgehead atoms. The number of rotatable bonds is 9. The number of nitrogens with one attached hydrogen (secondary N) is 2. The van der Waals surface area contributed by atoms with Crippen LogP contribution in [0, 0.1) is 0 Å². The number of amides is 1. The molecule has 0 aliphatic carbocycles. The monoisotopic (exact) mass is 444 g/mol. The minimum absolute atomic E-state index is 0.0790. The SMILES string of the molecule is COc1ccc(CNc2ccc3ncc(-c4ccc(C(=O)NCCN(C)C)cc4)n3n2)cc1. The zero-order chi connectivity index (χ0) is 23.2. The van der Waals surface area contributed by atoms with Gasteiger partial charge in [-0.25, -0.2) is 9.50 Å². The van der Waals surface area contributed by atoms with Gasteiger partial charge in [0.25, 0.3) is 5.91 Å². The van der Waals surface area contributed by atoms with Crippen molar-refractivity contribution in [2.75, 3.05) is 39.6 Å². The van der Waals surface area contributed by atoms with Crippen molar-refractivity contribution < 1.29 is 9.53 Å². The molecular weight excluding hydrogens is 416 g/mol. The second kappa shape index (κ2) is 10.1. The van der Waals surface area contributed by atoms with Crippen molar-refractivity contribution >= 4 is 17.4 Å². The number of aromatic nitrogens is 3. The molecule has 2 aromatic heterocycles. The normalized spacial score (nSPS) is 11.0. The smallest absolute Gasteiger partial charge is 0.251 e. The Morgan fingerprint density at radius 1 is 1.03 bits per heavy atom. The third kappa shape index (κ3) is 5.48. The number of anilines is 1. The van der Waals surface area contributed by atoms with Gasteiger partial charge in [-0.3, -0.25) is 4.79 Å². The summed E-state index contributed by atoms with van der Waals surface area (Å²) in [5.41, 5.74) is 4.31. The summed E-state index contributed by atoms with van der Waals surface area (Å²) in [6, 6.07) is 19.2. The summed E-state index contributed by atoms with van der Waals surface area (Å²) in [6.45, 7) is 2.05. The zero-order valence-corrected chi connectivity index (χ0v) is 19.1. The van der Waals surface area contributed by atoms with Gasteiger partial charge >= 0.3 is 0 Å². The molecule has 4 aromatic rings. The fraction of sp³-hybridized carbons (Fsp3) is 0.240. The Hall–Kier alpha value is -3.91. The second-order valence-corrected chi connectivity index (χ2v) is 7.97. The van der Waals surface area contributed by atoms with E-state index in [0.29, 0.717) is 18.7 Å². The van der Waals surface area contributed by atoms with Crippen molar-refractivity contribution in [2.45, 2.75) is 6.54 Å². The summed E-state index contributed by atoms with van der Waals surface area (Å²) >= 11 is 0. The maximum atomic E-state index is 12.3. The van der Waals surface area contributed by atoms with Gasteiger partial charge in [0.05, 0.1) is 19.0 Å². The van der Waals surface area contributed by atoms with E-state index in [0.717, 1.165) is 40.6 Å². The Labute approximate surface area is 193 Å². The van der Waals surface area contributed by atoms with Gasteiger partial charge in [0, 0.05) is 30.8 Å². The first-order valence-electron chi connectivity index (χ1n) is 10.8. The summed E-state index contributed by atoms with van der Waals surface area (Å²) in [5, 5.41) is 11.0. The number of carbonyl (C=O) groups excluding carboxylic acids is 1. The Morgan fingerprint density at radius 3 is 2.48 bits per heavy atom. The molecule has 0 saturated carbocycles. The number of imidazole rings is 1. The number of likely N-dealkylation sites (N-methyl/N-ethyl adjacent to an activating group) is 1. The van der Waals surface area contributed by atoms with E-state index in [1.54, 1.807) is 13.3 Å². The van der Waals surface area contributed by atoms with E-state index >= 15 is 0 Å². The number of benzene rings is 2. The Kier molecular flexibility index (Phi) is 6.85. The van der Waals surface area contributed by atoms with Gasteiger partial charge in [0.15, 0.2) is 5.65 Å². The lowest BCUT2D eigenvalue weighted by atomic mass is 10.1. The lowest BCUT2D eigenvalue weighted by molar-refractivity contribution is 0.0951. The molecule has 0 saturated heterocycles. The van der Waals surface area contributed by atoms with Gasteiger partial charge in [-0.05, 0) is 56.1 Å². The minimum Gasteiger partial charge on any atom is -0.497 e. The predicted octanol–water partition coefficient (Wildman–Crippen LogP) is 3.31. The summed E-state index contributed by atoms with van der Waals surface area (Å²) in [4.78, 5) is 18.8. The lowest BCUT2D eigenvalue weighted by Gasteiger charge is -2.10. The first-order chi connectivity index (χ1) is 16.0. The highest BCUT2D eigenvalue weighted by atomic mass is 16.5. The van der Waals surface area contributed by atoms with E-state index < -0.39 is 0 Å². The van der Waals surface area contributed by atoms with Crippen LogP contribution in [-0.4, -0.2) is 59.7 Å². The molecule has 0 spiro atoms. The molecule has 4 rings (SSSR count). The van der Waals surface area contributed by atoms with Gasteiger partial charge in [0.2, 0.25) is 0 Å². The topological polar surface area (TPSA) is 83.8 Å². The van der Waals surface area contributed by atoms with Crippen LogP contribution in [0.3, 0.4) is 0 Å². The standard InChI is InChI=1S/C25H28N6O2/c1-30(2)15-14-26-25(32)20-8-6-19(7-9-20)22-17-28-24-13-12-23(29-31(22)24)27-16-18-4-10-21(33-3)11-5-18/h4-13,17H,14-16H2,1-3H3,(H,26,32)(H,27,29). The van der Waals surface area contributed by atoms with Crippen molar-refractivity contribution in [3.63, 3.8) is 0 Å². The Morgan fingerprint density at radius 2 is 1.79 bits per heavy atom. The molecule has 170 valence electrons. The van der Waals surface area contributed by atoms with Crippen LogP contribution in [0.1, 0.15) is 15.9 Å². The highest BCUT2D eigenvalue weighted by Gasteiger charge is 2.10. The fourth-order valence-corrected chi connectivity index (χ4v) is 3.39. The first-order valence-corrected chi connectivity index (χ1v) is 10.8. The molecule has 8 nitrogen and oxygen atoms in total.